The molecule has 0 spiro atoms. The molecule has 0 radical (unpaired) electrons. The molecule has 0 unspecified atom stereocenters. The van der Waals surface area contributed by atoms with E-state index in [4.69, 9.17) is 0 Å². The van der Waals surface area contributed by atoms with E-state index in [0.29, 0.717) is 11.5 Å². The molecule has 25 heavy (non-hydrogen) atoms. The third kappa shape index (κ3) is 4.07. The van der Waals surface area contributed by atoms with Crippen molar-refractivity contribution in [2.24, 2.45) is 0 Å². The number of aromatic nitrogens is 1. The van der Waals surface area contributed by atoms with Crippen molar-refractivity contribution < 1.29 is 4.79 Å². The van der Waals surface area contributed by atoms with Crippen molar-refractivity contribution in [3.8, 4) is 0 Å². The number of carbonyl (C=O) groups is 1. The van der Waals surface area contributed by atoms with Gasteiger partial charge in [0.05, 0.1) is 11.3 Å². The largest absolute Gasteiger partial charge is 0.322 e. The highest BCUT2D eigenvalue weighted by atomic mass is 16.1. The van der Waals surface area contributed by atoms with Crippen LogP contribution in [0.15, 0.2) is 42.6 Å². The molecule has 1 amide bonds. The quantitative estimate of drug-likeness (QED) is 0.872. The van der Waals surface area contributed by atoms with Gasteiger partial charge in [-0.3, -0.25) is 9.78 Å². The predicted molar refractivity (Wildman–Crippen MR) is 100.0 cm³/mol. The zero-order chi connectivity index (χ0) is 17.1. The average Bonchev–Trinajstić information content (AvgIpc) is 3.37. The van der Waals surface area contributed by atoms with Crippen molar-refractivity contribution in [1.82, 2.24) is 9.88 Å². The molecule has 0 atom stereocenters. The van der Waals surface area contributed by atoms with E-state index in [0.717, 1.165) is 37.2 Å². The van der Waals surface area contributed by atoms with E-state index in [1.165, 1.54) is 31.5 Å². The van der Waals surface area contributed by atoms with Gasteiger partial charge in [-0.2, -0.15) is 0 Å². The molecule has 1 saturated heterocycles. The minimum Gasteiger partial charge on any atom is -0.322 e. The number of likely N-dealkylation sites (tertiary alicyclic amines) is 1. The zero-order valence-electron chi connectivity index (χ0n) is 14.6. The molecule has 4 rings (SSSR count). The van der Waals surface area contributed by atoms with Gasteiger partial charge in [-0.15, -0.1) is 0 Å². The number of carbonyl (C=O) groups excluding carboxylic acids is 1. The summed E-state index contributed by atoms with van der Waals surface area (Å²) in [5.74, 6) is 0.412. The predicted octanol–water partition coefficient (Wildman–Crippen LogP) is 3.85. The minimum absolute atomic E-state index is 0.0557. The number of hydrogen-bond donors (Lipinski definition) is 1. The van der Waals surface area contributed by atoms with Crippen LogP contribution in [0.2, 0.25) is 0 Å². The van der Waals surface area contributed by atoms with E-state index in [2.05, 4.69) is 27.3 Å². The zero-order valence-corrected chi connectivity index (χ0v) is 14.6. The maximum atomic E-state index is 12.6. The molecule has 1 saturated carbocycles. The highest BCUT2D eigenvalue weighted by molar-refractivity contribution is 6.05. The summed E-state index contributed by atoms with van der Waals surface area (Å²) in [4.78, 5) is 19.5. The average molecular weight is 335 g/mol. The van der Waals surface area contributed by atoms with Crippen LogP contribution in [-0.2, 0) is 6.42 Å². The van der Waals surface area contributed by atoms with Gasteiger partial charge in [-0.1, -0.05) is 12.1 Å². The van der Waals surface area contributed by atoms with E-state index < -0.39 is 0 Å². The number of amides is 1. The molecule has 4 heteroatoms. The first-order chi connectivity index (χ1) is 12.3. The van der Waals surface area contributed by atoms with Gasteiger partial charge in [0.15, 0.2) is 0 Å². The van der Waals surface area contributed by atoms with Gasteiger partial charge in [0.25, 0.3) is 5.91 Å². The topological polar surface area (TPSA) is 45.2 Å². The van der Waals surface area contributed by atoms with Crippen molar-refractivity contribution in [1.29, 1.82) is 0 Å². The minimum atomic E-state index is -0.0557. The number of pyridine rings is 1. The van der Waals surface area contributed by atoms with Crippen LogP contribution in [0.1, 0.15) is 53.2 Å². The number of anilines is 1. The third-order valence-corrected chi connectivity index (χ3v) is 5.17. The van der Waals surface area contributed by atoms with Gasteiger partial charge in [-0.25, -0.2) is 0 Å². The van der Waals surface area contributed by atoms with Crippen molar-refractivity contribution in [3.05, 3.63) is 59.4 Å². The summed E-state index contributed by atoms with van der Waals surface area (Å²) < 4.78 is 0. The standard InChI is InChI=1S/C21H25N3O/c25-21(19-4-3-12-22-20(19)17-7-8-17)23-18-9-5-16(6-10-18)11-15-24-13-1-2-14-24/h3-6,9-10,12,17H,1-2,7-8,11,13-15H2,(H,23,25). The first-order valence-electron chi connectivity index (χ1n) is 9.37. The lowest BCUT2D eigenvalue weighted by atomic mass is 10.1. The fraction of sp³-hybridized carbons (Fsp3) is 0.429. The molecular weight excluding hydrogens is 310 g/mol. The van der Waals surface area contributed by atoms with E-state index in [9.17, 15) is 4.79 Å². The van der Waals surface area contributed by atoms with Crippen molar-refractivity contribution >= 4 is 11.6 Å². The van der Waals surface area contributed by atoms with Crippen LogP contribution in [0.5, 0.6) is 0 Å². The Hall–Kier alpha value is -2.20. The van der Waals surface area contributed by atoms with Gasteiger partial charge in [0.1, 0.15) is 0 Å². The Kier molecular flexibility index (Phi) is 4.79. The van der Waals surface area contributed by atoms with Crippen LogP contribution < -0.4 is 5.32 Å². The van der Waals surface area contributed by atoms with E-state index in [-0.39, 0.29) is 5.91 Å². The monoisotopic (exact) mass is 335 g/mol. The van der Waals surface area contributed by atoms with Crippen LogP contribution >= 0.6 is 0 Å². The van der Waals surface area contributed by atoms with Crippen LogP contribution in [-0.4, -0.2) is 35.4 Å². The molecule has 1 N–H and O–H groups in total. The molecule has 1 aromatic heterocycles. The Balaban J connectivity index is 1.36. The van der Waals surface area contributed by atoms with E-state index >= 15 is 0 Å². The van der Waals surface area contributed by atoms with Crippen LogP contribution in [0, 0.1) is 0 Å². The summed E-state index contributed by atoms with van der Waals surface area (Å²) in [6.07, 6.45) is 7.80. The summed E-state index contributed by atoms with van der Waals surface area (Å²) in [5.41, 5.74) is 3.83. The Bertz CT molecular complexity index is 731. The Morgan fingerprint density at radius 2 is 1.88 bits per heavy atom. The maximum Gasteiger partial charge on any atom is 0.257 e. The van der Waals surface area contributed by atoms with Gasteiger partial charge < -0.3 is 10.2 Å². The van der Waals surface area contributed by atoms with Crippen molar-refractivity contribution in [2.45, 2.75) is 38.0 Å². The van der Waals surface area contributed by atoms with Crippen LogP contribution in [0.4, 0.5) is 5.69 Å². The van der Waals surface area contributed by atoms with Gasteiger partial charge in [-0.05, 0) is 75.0 Å². The van der Waals surface area contributed by atoms with E-state index in [1.54, 1.807) is 6.20 Å². The number of hydrogen-bond acceptors (Lipinski definition) is 3. The second-order valence-electron chi connectivity index (χ2n) is 7.16. The molecule has 1 aromatic carbocycles. The lowest BCUT2D eigenvalue weighted by Crippen LogP contribution is -2.21. The third-order valence-electron chi connectivity index (χ3n) is 5.17. The maximum absolute atomic E-state index is 12.6. The summed E-state index contributed by atoms with van der Waals surface area (Å²) >= 11 is 0. The SMILES string of the molecule is O=C(Nc1ccc(CCN2CCCC2)cc1)c1cccnc1C1CC1. The lowest BCUT2D eigenvalue weighted by Gasteiger charge is -2.14. The molecule has 0 bridgehead atoms. The molecule has 1 aliphatic heterocycles. The van der Waals surface area contributed by atoms with Crippen molar-refractivity contribution in [3.63, 3.8) is 0 Å². The molecular formula is C21H25N3O. The lowest BCUT2D eigenvalue weighted by molar-refractivity contribution is 0.102. The van der Waals surface area contributed by atoms with Gasteiger partial charge in [0.2, 0.25) is 0 Å². The van der Waals surface area contributed by atoms with Crippen LogP contribution in [0.3, 0.4) is 0 Å². The van der Waals surface area contributed by atoms with Gasteiger partial charge >= 0.3 is 0 Å². The molecule has 1 aliphatic carbocycles. The Morgan fingerprint density at radius 1 is 1.12 bits per heavy atom. The molecule has 2 aliphatic rings. The molecule has 2 fully saturated rings. The number of nitrogens with zero attached hydrogens (tertiary/aromatic N) is 2. The summed E-state index contributed by atoms with van der Waals surface area (Å²) in [7, 11) is 0. The fourth-order valence-corrected chi connectivity index (χ4v) is 3.54. The van der Waals surface area contributed by atoms with Gasteiger partial charge in [0, 0.05) is 24.3 Å². The summed E-state index contributed by atoms with van der Waals surface area (Å²) in [5, 5.41) is 3.02. The first kappa shape index (κ1) is 16.3. The van der Waals surface area contributed by atoms with Crippen LogP contribution in [0.25, 0.3) is 0 Å². The smallest absolute Gasteiger partial charge is 0.257 e. The Labute approximate surface area is 149 Å². The Morgan fingerprint density at radius 3 is 2.60 bits per heavy atom. The highest BCUT2D eigenvalue weighted by Gasteiger charge is 2.29. The second-order valence-corrected chi connectivity index (χ2v) is 7.16. The summed E-state index contributed by atoms with van der Waals surface area (Å²) in [6.45, 7) is 3.61. The highest BCUT2D eigenvalue weighted by Crippen LogP contribution is 2.40. The first-order valence-corrected chi connectivity index (χ1v) is 9.37. The normalized spacial score (nSPS) is 17.6. The molecule has 2 heterocycles. The second kappa shape index (κ2) is 7.36. The number of nitrogens with one attached hydrogen (secondary N) is 1. The summed E-state index contributed by atoms with van der Waals surface area (Å²) in [6, 6.07) is 12.0. The molecule has 130 valence electrons. The number of benzene rings is 1. The molecule has 2 aromatic rings. The molecule has 4 nitrogen and oxygen atoms in total. The number of rotatable bonds is 6. The fourth-order valence-electron chi connectivity index (χ4n) is 3.54. The van der Waals surface area contributed by atoms with Crippen molar-refractivity contribution in [2.75, 3.05) is 25.0 Å². The van der Waals surface area contributed by atoms with E-state index in [1.807, 2.05) is 24.3 Å².